The largest absolute Gasteiger partial charge is 0.399 e. The van der Waals surface area contributed by atoms with Crippen LogP contribution >= 0.6 is 0 Å². The van der Waals surface area contributed by atoms with Crippen molar-refractivity contribution in [3.05, 3.63) is 29.8 Å². The third-order valence-corrected chi connectivity index (χ3v) is 1.77. The van der Waals surface area contributed by atoms with E-state index in [9.17, 15) is 4.79 Å². The van der Waals surface area contributed by atoms with E-state index in [1.54, 1.807) is 12.1 Å². The van der Waals surface area contributed by atoms with Crippen LogP contribution in [0.4, 0.5) is 5.69 Å². The minimum absolute atomic E-state index is 0.431. The molecule has 0 saturated heterocycles. The second-order valence-corrected chi connectivity index (χ2v) is 2.96. The summed E-state index contributed by atoms with van der Waals surface area (Å²) in [7, 11) is 0. The molecule has 1 amide bonds. The number of rotatable bonds is 3. The SMILES string of the molecule is NC(=O)[C@@H](N)Cc1cccc(N)c1. The second-order valence-electron chi connectivity index (χ2n) is 2.96. The third-order valence-electron chi connectivity index (χ3n) is 1.77. The fourth-order valence-electron chi connectivity index (χ4n) is 1.07. The molecule has 0 aliphatic heterocycles. The molecule has 13 heavy (non-hydrogen) atoms. The number of hydrogen-bond acceptors (Lipinski definition) is 3. The zero-order valence-electron chi connectivity index (χ0n) is 7.23. The number of benzene rings is 1. The number of amides is 1. The van der Waals surface area contributed by atoms with Crippen LogP contribution in [0.1, 0.15) is 5.56 Å². The van der Waals surface area contributed by atoms with Gasteiger partial charge in [0, 0.05) is 5.69 Å². The van der Waals surface area contributed by atoms with Crippen LogP contribution in [0.2, 0.25) is 0 Å². The van der Waals surface area contributed by atoms with E-state index in [1.807, 2.05) is 12.1 Å². The lowest BCUT2D eigenvalue weighted by atomic mass is 10.1. The molecule has 0 unspecified atom stereocenters. The first-order chi connectivity index (χ1) is 6.09. The zero-order chi connectivity index (χ0) is 9.84. The Morgan fingerprint density at radius 3 is 2.69 bits per heavy atom. The Labute approximate surface area is 76.7 Å². The Bertz CT molecular complexity index is 311. The fourth-order valence-corrected chi connectivity index (χ4v) is 1.07. The van der Waals surface area contributed by atoms with E-state index in [0.29, 0.717) is 12.1 Å². The van der Waals surface area contributed by atoms with Crippen molar-refractivity contribution in [2.75, 3.05) is 5.73 Å². The molecule has 4 heteroatoms. The summed E-state index contributed by atoms with van der Waals surface area (Å²) in [6.45, 7) is 0. The summed E-state index contributed by atoms with van der Waals surface area (Å²) < 4.78 is 0. The molecule has 0 aliphatic carbocycles. The van der Waals surface area contributed by atoms with Crippen LogP contribution in [0, 0.1) is 0 Å². The lowest BCUT2D eigenvalue weighted by Gasteiger charge is -2.07. The highest BCUT2D eigenvalue weighted by molar-refractivity contribution is 5.79. The smallest absolute Gasteiger partial charge is 0.234 e. The molecule has 6 N–H and O–H groups in total. The van der Waals surface area contributed by atoms with Gasteiger partial charge in [-0.3, -0.25) is 4.79 Å². The molecule has 0 heterocycles. The molecule has 0 saturated carbocycles. The van der Waals surface area contributed by atoms with Gasteiger partial charge >= 0.3 is 0 Å². The highest BCUT2D eigenvalue weighted by Crippen LogP contribution is 2.07. The predicted molar refractivity (Wildman–Crippen MR) is 51.7 cm³/mol. The maximum atomic E-state index is 10.7. The van der Waals surface area contributed by atoms with Crippen molar-refractivity contribution in [3.63, 3.8) is 0 Å². The highest BCUT2D eigenvalue weighted by atomic mass is 16.1. The van der Waals surface area contributed by atoms with Gasteiger partial charge in [-0.15, -0.1) is 0 Å². The second kappa shape index (κ2) is 3.91. The Kier molecular flexibility index (Phi) is 2.87. The molecule has 70 valence electrons. The Hall–Kier alpha value is -1.55. The van der Waals surface area contributed by atoms with E-state index in [-0.39, 0.29) is 0 Å². The molecule has 1 aromatic rings. The van der Waals surface area contributed by atoms with Crippen molar-refractivity contribution in [1.29, 1.82) is 0 Å². The van der Waals surface area contributed by atoms with Crippen LogP contribution in [-0.4, -0.2) is 11.9 Å². The lowest BCUT2D eigenvalue weighted by Crippen LogP contribution is -2.38. The van der Waals surface area contributed by atoms with E-state index in [0.717, 1.165) is 5.56 Å². The summed E-state index contributed by atoms with van der Waals surface area (Å²) >= 11 is 0. The standard InChI is InChI=1S/C9H13N3O/c10-7-3-1-2-6(4-7)5-8(11)9(12)13/h1-4,8H,5,10-11H2,(H2,12,13)/t8-/m0/s1. The minimum atomic E-state index is -0.637. The summed E-state index contributed by atoms with van der Waals surface area (Å²) in [6.07, 6.45) is 0.431. The number of carbonyl (C=O) groups is 1. The lowest BCUT2D eigenvalue weighted by molar-refractivity contribution is -0.119. The Balaban J connectivity index is 2.69. The van der Waals surface area contributed by atoms with Crippen molar-refractivity contribution in [1.82, 2.24) is 0 Å². The van der Waals surface area contributed by atoms with E-state index >= 15 is 0 Å². The molecule has 1 atom stereocenters. The van der Waals surface area contributed by atoms with Gasteiger partial charge in [0.05, 0.1) is 6.04 Å². The first-order valence-electron chi connectivity index (χ1n) is 3.99. The van der Waals surface area contributed by atoms with Crippen LogP contribution < -0.4 is 17.2 Å². The summed E-state index contributed by atoms with van der Waals surface area (Å²) in [6, 6.07) is 6.60. The molecular formula is C9H13N3O. The van der Waals surface area contributed by atoms with Crippen LogP contribution in [0.3, 0.4) is 0 Å². The first-order valence-corrected chi connectivity index (χ1v) is 3.99. The van der Waals surface area contributed by atoms with E-state index in [4.69, 9.17) is 17.2 Å². The van der Waals surface area contributed by atoms with E-state index < -0.39 is 11.9 Å². The van der Waals surface area contributed by atoms with Gasteiger partial charge in [0.25, 0.3) is 0 Å². The number of hydrogen-bond donors (Lipinski definition) is 3. The highest BCUT2D eigenvalue weighted by Gasteiger charge is 2.09. The van der Waals surface area contributed by atoms with Crippen molar-refractivity contribution in [2.45, 2.75) is 12.5 Å². The summed E-state index contributed by atoms with van der Waals surface area (Å²) in [4.78, 5) is 10.7. The van der Waals surface area contributed by atoms with Gasteiger partial charge in [-0.05, 0) is 24.1 Å². The summed E-state index contributed by atoms with van der Waals surface area (Å²) in [5, 5.41) is 0. The van der Waals surface area contributed by atoms with Crippen LogP contribution in [0.5, 0.6) is 0 Å². The molecule has 0 spiro atoms. The number of nitrogen functional groups attached to an aromatic ring is 1. The average Bonchev–Trinajstić information content (AvgIpc) is 2.04. The molecule has 1 aromatic carbocycles. The number of carbonyl (C=O) groups excluding carboxylic acids is 1. The topological polar surface area (TPSA) is 95.1 Å². The number of anilines is 1. The molecular weight excluding hydrogens is 166 g/mol. The van der Waals surface area contributed by atoms with Crippen molar-refractivity contribution >= 4 is 11.6 Å². The van der Waals surface area contributed by atoms with Crippen molar-refractivity contribution < 1.29 is 4.79 Å². The van der Waals surface area contributed by atoms with E-state index in [2.05, 4.69) is 0 Å². The normalized spacial score (nSPS) is 12.4. The third kappa shape index (κ3) is 2.76. The molecule has 4 nitrogen and oxygen atoms in total. The fraction of sp³-hybridized carbons (Fsp3) is 0.222. The Morgan fingerprint density at radius 2 is 2.15 bits per heavy atom. The maximum absolute atomic E-state index is 10.7. The molecule has 0 bridgehead atoms. The quantitative estimate of drug-likeness (QED) is 0.552. The van der Waals surface area contributed by atoms with E-state index in [1.165, 1.54) is 0 Å². The van der Waals surface area contributed by atoms with Gasteiger partial charge in [0.15, 0.2) is 0 Å². The van der Waals surface area contributed by atoms with Gasteiger partial charge in [0.2, 0.25) is 5.91 Å². The monoisotopic (exact) mass is 179 g/mol. The van der Waals surface area contributed by atoms with Gasteiger partial charge < -0.3 is 17.2 Å². The van der Waals surface area contributed by atoms with Crippen LogP contribution in [0.15, 0.2) is 24.3 Å². The maximum Gasteiger partial charge on any atom is 0.234 e. The number of primary amides is 1. The minimum Gasteiger partial charge on any atom is -0.399 e. The van der Waals surface area contributed by atoms with Gasteiger partial charge in [-0.2, -0.15) is 0 Å². The predicted octanol–water partition coefficient (Wildman–Crippen LogP) is -0.376. The molecule has 0 fully saturated rings. The van der Waals surface area contributed by atoms with Crippen molar-refractivity contribution in [3.8, 4) is 0 Å². The van der Waals surface area contributed by atoms with Gasteiger partial charge in [0.1, 0.15) is 0 Å². The van der Waals surface area contributed by atoms with Gasteiger partial charge in [-0.25, -0.2) is 0 Å². The van der Waals surface area contributed by atoms with Crippen LogP contribution in [0.25, 0.3) is 0 Å². The number of nitrogens with two attached hydrogens (primary N) is 3. The van der Waals surface area contributed by atoms with Crippen molar-refractivity contribution in [2.24, 2.45) is 11.5 Å². The van der Waals surface area contributed by atoms with Gasteiger partial charge in [-0.1, -0.05) is 12.1 Å². The zero-order valence-corrected chi connectivity index (χ0v) is 7.23. The van der Waals surface area contributed by atoms with Crippen LogP contribution in [-0.2, 0) is 11.2 Å². The summed E-state index contributed by atoms with van der Waals surface area (Å²) in [5.41, 5.74) is 17.6. The molecule has 0 radical (unpaired) electrons. The molecule has 0 aliphatic rings. The molecule has 0 aromatic heterocycles. The molecule has 1 rings (SSSR count). The Morgan fingerprint density at radius 1 is 1.46 bits per heavy atom. The first kappa shape index (κ1) is 9.54. The summed E-state index contributed by atoms with van der Waals surface area (Å²) in [5.74, 6) is -0.498. The average molecular weight is 179 g/mol.